The van der Waals surface area contributed by atoms with E-state index < -0.39 is 16.1 Å². The molecule has 0 radical (unpaired) electrons. The first-order valence-electron chi connectivity index (χ1n) is 11.9. The van der Waals surface area contributed by atoms with Crippen molar-refractivity contribution in [1.29, 1.82) is 0 Å². The van der Waals surface area contributed by atoms with E-state index in [1.165, 1.54) is 44.1 Å². The fraction of sp³-hybridized carbons (Fsp3) is 0.310. The maximum atomic E-state index is 5.22. The van der Waals surface area contributed by atoms with E-state index in [4.69, 9.17) is 4.42 Å². The van der Waals surface area contributed by atoms with Crippen LogP contribution in [-0.4, -0.2) is 16.1 Å². The summed E-state index contributed by atoms with van der Waals surface area (Å²) in [7, 11) is -2.25. The van der Waals surface area contributed by atoms with Gasteiger partial charge in [0.1, 0.15) is 0 Å². The van der Waals surface area contributed by atoms with Gasteiger partial charge >= 0.3 is 145 Å². The van der Waals surface area contributed by atoms with Crippen LogP contribution in [0.4, 0.5) is 0 Å². The Morgan fingerprint density at radius 3 is 2.09 bits per heavy atom. The average molecular weight is 616 g/mol. The molecule has 3 aromatic rings. The molecule has 1 aromatic heterocycles. The first kappa shape index (κ1) is 28.7. The monoisotopic (exact) mass is 613 g/mol. The van der Waals surface area contributed by atoms with Gasteiger partial charge in [-0.2, -0.15) is 0 Å². The quantitative estimate of drug-likeness (QED) is 0.402. The number of benzene rings is 2. The van der Waals surface area contributed by atoms with Crippen LogP contribution in [0, 0.1) is 0 Å². The predicted octanol–water partition coefficient (Wildman–Crippen LogP) is 1.86. The van der Waals surface area contributed by atoms with Gasteiger partial charge in [-0.1, -0.05) is 18.7 Å². The molecule has 2 atom stereocenters. The van der Waals surface area contributed by atoms with Crippen LogP contribution < -0.4 is 30.0 Å². The third kappa shape index (κ3) is 4.64. The molecule has 3 heterocycles. The van der Waals surface area contributed by atoms with Crippen LogP contribution in [0.2, 0.25) is 32.7 Å². The Hall–Kier alpha value is -0.903. The predicted molar refractivity (Wildman–Crippen MR) is 143 cm³/mol. The van der Waals surface area contributed by atoms with Crippen LogP contribution in [0.3, 0.4) is 0 Å². The van der Waals surface area contributed by atoms with Crippen LogP contribution in [0.25, 0.3) is 22.4 Å². The Kier molecular flexibility index (Phi) is 8.27. The Labute approximate surface area is 240 Å². The van der Waals surface area contributed by atoms with E-state index in [0.717, 1.165) is 5.54 Å². The van der Waals surface area contributed by atoms with E-state index >= 15 is 0 Å². The molecule has 7 rings (SSSR count). The molecule has 0 fully saturated rings. The molecule has 6 heteroatoms. The fourth-order valence-corrected chi connectivity index (χ4v) is 12.5. The number of rotatable bonds is 2. The van der Waals surface area contributed by atoms with Crippen LogP contribution in [0.15, 0.2) is 70.6 Å². The van der Waals surface area contributed by atoms with Gasteiger partial charge < -0.3 is 29.2 Å². The van der Waals surface area contributed by atoms with Crippen LogP contribution in [-0.2, 0) is 24.7 Å². The van der Waals surface area contributed by atoms with E-state index in [9.17, 15) is 0 Å². The van der Waals surface area contributed by atoms with E-state index in [2.05, 4.69) is 95.1 Å². The maximum absolute atomic E-state index is 5.22. The number of hydrogen-bond donors (Lipinski definition) is 0. The van der Waals surface area contributed by atoms with Crippen LogP contribution in [0.1, 0.15) is 45.3 Å². The number of fused-ring (bicyclic) bond motifs is 1. The summed E-state index contributed by atoms with van der Waals surface area (Å²) in [5.74, 6) is 0. The number of halogens is 2. The summed E-state index contributed by atoms with van der Waals surface area (Å²) in [6.45, 7) is 16.7. The number of allylic oxidation sites excluding steroid dienone is 2. The van der Waals surface area contributed by atoms with Gasteiger partial charge in [-0.15, -0.1) is 0 Å². The van der Waals surface area contributed by atoms with Gasteiger partial charge in [-0.25, -0.2) is 0 Å². The average Bonchev–Trinajstić information content (AvgIpc) is 3.45. The summed E-state index contributed by atoms with van der Waals surface area (Å²) in [6.07, 6.45) is 6.25. The molecule has 0 amide bonds. The zero-order chi connectivity index (χ0) is 23.7. The van der Waals surface area contributed by atoms with Crippen LogP contribution in [0.5, 0.6) is 0 Å². The molecule has 2 aliphatic carbocycles. The second-order valence-corrected chi connectivity index (χ2v) is 22.4. The maximum Gasteiger partial charge on any atom is -1.00 e. The zero-order valence-electron chi connectivity index (χ0n) is 21.6. The van der Waals surface area contributed by atoms with Crippen molar-refractivity contribution in [3.05, 3.63) is 88.4 Å². The normalized spacial score (nSPS) is 20.4. The molecule has 0 saturated heterocycles. The summed E-state index contributed by atoms with van der Waals surface area (Å²) in [4.78, 5) is 0. The second-order valence-electron chi connectivity index (χ2n) is 11.4. The molecule has 0 N–H and O–H groups in total. The zero-order valence-corrected chi connectivity index (χ0v) is 27.6. The van der Waals surface area contributed by atoms with Crippen molar-refractivity contribution in [2.24, 2.45) is 0 Å². The van der Waals surface area contributed by atoms with Crippen molar-refractivity contribution in [3.8, 4) is 11.1 Å². The van der Waals surface area contributed by atoms with E-state index in [1.807, 2.05) is 12.5 Å². The minimum absolute atomic E-state index is 0. The molecule has 2 aliphatic heterocycles. The summed E-state index contributed by atoms with van der Waals surface area (Å²) in [5, 5.41) is 3.19. The topological polar surface area (TPSA) is 13.1 Å². The Morgan fingerprint density at radius 1 is 0.857 bits per heavy atom. The minimum Gasteiger partial charge on any atom is -1.00 e. The molecule has 2 aromatic carbocycles. The van der Waals surface area contributed by atoms with Gasteiger partial charge in [-0.05, 0) is 12.1 Å². The van der Waals surface area contributed by atoms with Gasteiger partial charge in [0, 0.05) is 16.7 Å². The van der Waals surface area contributed by atoms with Gasteiger partial charge in [0.25, 0.3) is 0 Å². The van der Waals surface area contributed by atoms with Crippen LogP contribution >= 0.6 is 0 Å². The third-order valence-corrected chi connectivity index (χ3v) is 15.9. The van der Waals surface area contributed by atoms with E-state index in [-0.39, 0.29) is 24.8 Å². The molecule has 35 heavy (non-hydrogen) atoms. The molecule has 0 saturated carbocycles. The molecular formula is C29H33Cl2OSi2Zr. The third-order valence-electron chi connectivity index (χ3n) is 7.81. The smallest absolute Gasteiger partial charge is 1.00 e. The summed E-state index contributed by atoms with van der Waals surface area (Å²) < 4.78 is 5.86. The molecule has 1 nitrogen and oxygen atoms in total. The Morgan fingerprint density at radius 2 is 1.51 bits per heavy atom. The molecule has 0 spiro atoms. The molecule has 181 valence electrons. The van der Waals surface area contributed by atoms with Crippen molar-refractivity contribution < 1.29 is 54.0 Å². The Balaban J connectivity index is 0.000000208. The fourth-order valence-electron chi connectivity index (χ4n) is 6.13. The Bertz CT molecular complexity index is 1310. The number of hydrogen-bond acceptors (Lipinski definition) is 1. The molecule has 4 aliphatic rings. The van der Waals surface area contributed by atoms with Crippen molar-refractivity contribution in [3.63, 3.8) is 0 Å². The van der Waals surface area contributed by atoms with Gasteiger partial charge in [0.2, 0.25) is 0 Å². The second kappa shape index (κ2) is 10.1. The van der Waals surface area contributed by atoms with E-state index in [1.54, 1.807) is 35.5 Å². The molecule has 2 unspecified atom stereocenters. The van der Waals surface area contributed by atoms with Crippen molar-refractivity contribution in [2.75, 3.05) is 0 Å². The summed E-state index contributed by atoms with van der Waals surface area (Å²) >= 11 is 1.59. The number of furan rings is 1. The largest absolute Gasteiger partial charge is 1.00 e. The standard InChI is InChI=1S/C19H21Si.C10H12OSi.2ClH.Zr/c1-14-12-16-6-5-7-18(19(16)13-14)15-8-10-17(11-9-15)20(2,3)4;1-6-9-7-4-11-5-8(7)10(6)12(9,2)3;;;/h5-13H,1-4H3;4-5,9H,1-3H3;2*1H;/q;;;;+2/p-2. The van der Waals surface area contributed by atoms with Gasteiger partial charge in [0.05, 0.1) is 20.6 Å². The minimum atomic E-state index is -1.21. The first-order chi connectivity index (χ1) is 15.5. The van der Waals surface area contributed by atoms with E-state index in [0.29, 0.717) is 3.63 Å². The van der Waals surface area contributed by atoms with Crippen molar-refractivity contribution >= 4 is 32.6 Å². The molecule has 2 bridgehead atoms. The van der Waals surface area contributed by atoms with Gasteiger partial charge in [-0.3, -0.25) is 0 Å². The summed E-state index contributed by atoms with van der Waals surface area (Å²) in [6, 6.07) is 16.1. The SMILES string of the molecule is CC1=C2c3cocc3C1[Si]2(C)C.CC1=Cc2c(-c3ccc([Si](C)(C)C)cc3)cccc2[CH]1[Zr+2].[Cl-].[Cl-]. The summed E-state index contributed by atoms with van der Waals surface area (Å²) in [5.41, 5.74) is 12.5. The van der Waals surface area contributed by atoms with Crippen molar-refractivity contribution in [1.82, 2.24) is 0 Å². The molecular weight excluding hydrogens is 583 g/mol. The van der Waals surface area contributed by atoms with Gasteiger partial charge in [0.15, 0.2) is 0 Å². The van der Waals surface area contributed by atoms with Crippen molar-refractivity contribution in [2.45, 2.75) is 55.7 Å². The first-order valence-corrected chi connectivity index (χ1v) is 19.9.